The number of methoxy groups -OCH3 is 2. The van der Waals surface area contributed by atoms with E-state index in [2.05, 4.69) is 5.32 Å². The van der Waals surface area contributed by atoms with Crippen molar-refractivity contribution in [1.29, 1.82) is 0 Å². The van der Waals surface area contributed by atoms with Crippen molar-refractivity contribution in [2.24, 2.45) is 17.8 Å². The van der Waals surface area contributed by atoms with Gasteiger partial charge in [-0.05, 0) is 19.3 Å². The van der Waals surface area contributed by atoms with Gasteiger partial charge in [-0.1, -0.05) is 0 Å². The van der Waals surface area contributed by atoms with Crippen LogP contribution in [0, 0.1) is 17.8 Å². The molecule has 298 valence electrons. The van der Waals surface area contributed by atoms with Crippen LogP contribution in [0.15, 0.2) is 0 Å². The number of aliphatic hydroxyl groups excluding tert-OH is 8. The number of hydrogen-bond acceptors (Lipinski definition) is 21. The second-order valence-electron chi connectivity index (χ2n) is 13.3. The molecule has 4 heterocycles. The van der Waals surface area contributed by atoms with Crippen LogP contribution >= 0.6 is 0 Å². The minimum absolute atomic E-state index is 0.616. The summed E-state index contributed by atoms with van der Waals surface area (Å²) < 4.78 is 31.6. The van der Waals surface area contributed by atoms with Gasteiger partial charge in [0.25, 0.3) is 0 Å². The number of likely N-dealkylation sites (N-methyl/N-ethyl adjacent to an activating group) is 1. The van der Waals surface area contributed by atoms with E-state index in [4.69, 9.17) is 28.4 Å². The van der Waals surface area contributed by atoms with Crippen molar-refractivity contribution < 1.29 is 104 Å². The van der Waals surface area contributed by atoms with E-state index in [1.807, 2.05) is 0 Å². The van der Waals surface area contributed by atoms with Crippen molar-refractivity contribution in [2.75, 3.05) is 21.3 Å². The fourth-order valence-electron chi connectivity index (χ4n) is 7.59. The number of carboxylic acids is 3. The van der Waals surface area contributed by atoms with Gasteiger partial charge in [0, 0.05) is 39.0 Å². The molecule has 0 radical (unpaired) electrons. The molecule has 0 spiro atoms. The number of aliphatic hydroxyl groups is 8. The summed E-state index contributed by atoms with van der Waals surface area (Å²) in [6.07, 6.45) is -32.9. The van der Waals surface area contributed by atoms with Crippen LogP contribution < -0.4 is 20.6 Å². The van der Waals surface area contributed by atoms with Crippen molar-refractivity contribution in [3.63, 3.8) is 0 Å². The number of carbonyl (C=O) groups is 4. The van der Waals surface area contributed by atoms with Crippen molar-refractivity contribution >= 4 is 23.8 Å². The molecule has 0 saturated carbocycles. The van der Waals surface area contributed by atoms with E-state index < -0.39 is 165 Å². The predicted octanol–water partition coefficient (Wildman–Crippen LogP) is -10.4. The van der Waals surface area contributed by atoms with E-state index in [-0.39, 0.29) is 0 Å². The third kappa shape index (κ3) is 8.19. The van der Waals surface area contributed by atoms with Gasteiger partial charge in [-0.3, -0.25) is 4.79 Å². The first-order valence-electron chi connectivity index (χ1n) is 16.4. The van der Waals surface area contributed by atoms with Crippen LogP contribution in [0.25, 0.3) is 0 Å². The number of carboxylic acid groups (broad SMARTS) is 3. The average molecular weight is 755 g/mol. The van der Waals surface area contributed by atoms with Gasteiger partial charge in [-0.2, -0.15) is 0 Å². The quantitative estimate of drug-likeness (QED) is 0.0893. The zero-order valence-corrected chi connectivity index (χ0v) is 28.1. The number of carbonyl (C=O) groups excluding carboxylic acids is 4. The number of nitrogens with one attached hydrogen (secondary N) is 1. The lowest BCUT2D eigenvalue weighted by atomic mass is 9.75. The van der Waals surface area contributed by atoms with E-state index in [1.165, 1.54) is 7.05 Å². The van der Waals surface area contributed by atoms with Crippen LogP contribution in [0.1, 0.15) is 19.3 Å². The Morgan fingerprint density at radius 2 is 0.885 bits per heavy atom. The van der Waals surface area contributed by atoms with Gasteiger partial charge in [-0.25, -0.2) is 0 Å². The smallest absolute Gasteiger partial charge is 0.249 e. The fraction of sp³-hybridized carbons (Fsp3) is 0.867. The molecule has 4 fully saturated rings. The molecule has 22 nitrogen and oxygen atoms in total. The Hall–Kier alpha value is -2.68. The minimum Gasteiger partial charge on any atom is -0.547 e. The SMILES string of the molecule is CNC(=O)C1OC(CC2C(C(=O)[O-])OC(OC)C(O)C2O)C(O)C(O)C1CC1OC(C(=O)[O-])C(CC2OC(C(=O)[O-])C(OC)C(O)C2O)C(O)C1O. The molecule has 0 bridgehead atoms. The topological polar surface area (TPSA) is 367 Å². The molecule has 4 aliphatic heterocycles. The minimum atomic E-state index is -2.09. The summed E-state index contributed by atoms with van der Waals surface area (Å²) in [5.41, 5.74) is 0. The molecule has 1 amide bonds. The van der Waals surface area contributed by atoms with Crippen LogP contribution in [-0.4, -0.2) is 190 Å². The van der Waals surface area contributed by atoms with E-state index in [1.54, 1.807) is 0 Å². The predicted molar refractivity (Wildman–Crippen MR) is 154 cm³/mol. The zero-order valence-electron chi connectivity index (χ0n) is 28.1. The highest BCUT2D eigenvalue weighted by Gasteiger charge is 2.55. The van der Waals surface area contributed by atoms with Crippen molar-refractivity contribution in [2.45, 2.75) is 123 Å². The maximum absolute atomic E-state index is 13.0. The number of aliphatic carboxylic acids is 3. The van der Waals surface area contributed by atoms with Crippen LogP contribution in [0.2, 0.25) is 0 Å². The van der Waals surface area contributed by atoms with Gasteiger partial charge < -0.3 is 104 Å². The Morgan fingerprint density at radius 3 is 1.29 bits per heavy atom. The van der Waals surface area contributed by atoms with Gasteiger partial charge in [0.15, 0.2) is 6.29 Å². The molecule has 20 unspecified atom stereocenters. The summed E-state index contributed by atoms with van der Waals surface area (Å²) in [6.45, 7) is 0. The molecule has 0 aromatic heterocycles. The van der Waals surface area contributed by atoms with E-state index in [0.29, 0.717) is 0 Å². The summed E-state index contributed by atoms with van der Waals surface area (Å²) in [4.78, 5) is 48.8. The lowest BCUT2D eigenvalue weighted by Crippen LogP contribution is -2.66. The summed E-state index contributed by atoms with van der Waals surface area (Å²) in [6, 6.07) is 0. The summed E-state index contributed by atoms with van der Waals surface area (Å²) in [5, 5.41) is 125. The highest BCUT2D eigenvalue weighted by atomic mass is 16.7. The standard InChI is InChI=1S/C30H47NO21/c1-31-26(40)21-7(13(32)16(35)10(49-21)6-9-15(34)20(39)30(48-3)52-23(9)28(43)44)4-11-17(36)14(33)8(22(50-11)27(41)42)5-12-18(37)19(38)24(47-2)25(51-12)29(45)46/h7-25,30,32-39H,4-6H2,1-3H3,(H,31,40)(H,41,42)(H,43,44)(H,45,46)/p-3. The third-order valence-electron chi connectivity index (χ3n) is 10.4. The van der Waals surface area contributed by atoms with Crippen LogP contribution in [0.3, 0.4) is 0 Å². The molecule has 22 heteroatoms. The van der Waals surface area contributed by atoms with Gasteiger partial charge in [-0.15, -0.1) is 0 Å². The Morgan fingerprint density at radius 1 is 0.519 bits per heavy atom. The van der Waals surface area contributed by atoms with E-state index in [0.717, 1.165) is 14.2 Å². The number of hydrogen-bond donors (Lipinski definition) is 9. The Bertz CT molecular complexity index is 1270. The third-order valence-corrected chi connectivity index (χ3v) is 10.4. The Kier molecular flexibility index (Phi) is 13.9. The zero-order chi connectivity index (χ0) is 38.9. The van der Waals surface area contributed by atoms with E-state index in [9.17, 15) is 75.3 Å². The van der Waals surface area contributed by atoms with Crippen LogP contribution in [0.5, 0.6) is 0 Å². The van der Waals surface area contributed by atoms with Crippen molar-refractivity contribution in [3.8, 4) is 0 Å². The first kappa shape index (κ1) is 42.1. The van der Waals surface area contributed by atoms with Gasteiger partial charge in [0.1, 0.15) is 61.0 Å². The largest absolute Gasteiger partial charge is 0.547 e. The lowest BCUT2D eigenvalue weighted by molar-refractivity contribution is -0.345. The lowest BCUT2D eigenvalue weighted by Gasteiger charge is -2.50. The monoisotopic (exact) mass is 754 g/mol. The number of rotatable bonds is 12. The molecule has 4 aliphatic rings. The first-order valence-corrected chi connectivity index (χ1v) is 16.4. The molecule has 9 N–H and O–H groups in total. The molecule has 0 aromatic carbocycles. The van der Waals surface area contributed by atoms with Crippen LogP contribution in [-0.2, 0) is 47.6 Å². The maximum Gasteiger partial charge on any atom is 0.249 e. The normalized spacial score (nSPS) is 47.0. The first-order chi connectivity index (χ1) is 24.4. The molecule has 20 atom stereocenters. The Balaban J connectivity index is 1.54. The molecular weight excluding hydrogens is 710 g/mol. The number of amides is 1. The fourth-order valence-corrected chi connectivity index (χ4v) is 7.59. The average Bonchev–Trinajstić information content (AvgIpc) is 3.10. The second-order valence-corrected chi connectivity index (χ2v) is 13.3. The molecule has 4 rings (SSSR count). The summed E-state index contributed by atoms with van der Waals surface area (Å²) >= 11 is 0. The van der Waals surface area contributed by atoms with Gasteiger partial charge in [0.2, 0.25) is 5.91 Å². The van der Waals surface area contributed by atoms with Gasteiger partial charge in [0.05, 0.1) is 54.5 Å². The Labute approximate surface area is 295 Å². The summed E-state index contributed by atoms with van der Waals surface area (Å²) in [7, 11) is 3.31. The highest BCUT2D eigenvalue weighted by molar-refractivity contribution is 5.81. The number of ether oxygens (including phenoxy) is 6. The summed E-state index contributed by atoms with van der Waals surface area (Å²) in [5.74, 6) is -11.2. The maximum atomic E-state index is 13.0. The highest BCUT2D eigenvalue weighted by Crippen LogP contribution is 2.40. The second kappa shape index (κ2) is 17.2. The molecule has 4 saturated heterocycles. The van der Waals surface area contributed by atoms with Crippen molar-refractivity contribution in [1.82, 2.24) is 5.32 Å². The van der Waals surface area contributed by atoms with E-state index >= 15 is 0 Å². The molecule has 0 aliphatic carbocycles. The van der Waals surface area contributed by atoms with Crippen LogP contribution in [0.4, 0.5) is 0 Å². The molecule has 52 heavy (non-hydrogen) atoms. The molecule has 0 aromatic rings. The van der Waals surface area contributed by atoms with Gasteiger partial charge >= 0.3 is 0 Å². The molecular formula is C30H44NO21-3. The van der Waals surface area contributed by atoms with Crippen molar-refractivity contribution in [3.05, 3.63) is 0 Å².